The summed E-state index contributed by atoms with van der Waals surface area (Å²) in [4.78, 5) is 0. The van der Waals surface area contributed by atoms with Gasteiger partial charge in [0.25, 0.3) is 0 Å². The van der Waals surface area contributed by atoms with Crippen molar-refractivity contribution in [2.75, 3.05) is 19.4 Å². The van der Waals surface area contributed by atoms with E-state index in [-0.39, 0.29) is 5.54 Å². The van der Waals surface area contributed by atoms with Gasteiger partial charge in [0.15, 0.2) is 0 Å². The highest BCUT2D eigenvalue weighted by molar-refractivity contribution is 7.93. The molecule has 0 aliphatic rings. The minimum Gasteiger partial charge on any atom is -0.497 e. The summed E-state index contributed by atoms with van der Waals surface area (Å²) in [5.41, 5.74) is 1.17. The van der Waals surface area contributed by atoms with Crippen molar-refractivity contribution in [1.82, 2.24) is 5.32 Å². The van der Waals surface area contributed by atoms with E-state index in [1.165, 1.54) is 5.56 Å². The fourth-order valence-corrected chi connectivity index (χ4v) is 1.92. The maximum atomic E-state index is 8.65. The van der Waals surface area contributed by atoms with Crippen molar-refractivity contribution in [3.05, 3.63) is 29.8 Å². The SMILES string of the molecule is COc1ccc(C(C)(C)NCCCSO)cc1. The summed E-state index contributed by atoms with van der Waals surface area (Å²) in [6.45, 7) is 5.20. The van der Waals surface area contributed by atoms with Gasteiger partial charge in [0.2, 0.25) is 0 Å². The van der Waals surface area contributed by atoms with Gasteiger partial charge in [-0.3, -0.25) is 0 Å². The first-order valence-electron chi connectivity index (χ1n) is 5.76. The van der Waals surface area contributed by atoms with Crippen molar-refractivity contribution < 1.29 is 9.29 Å². The molecular weight excluding hydrogens is 234 g/mol. The summed E-state index contributed by atoms with van der Waals surface area (Å²) < 4.78 is 13.8. The Morgan fingerprint density at radius 3 is 2.47 bits per heavy atom. The molecule has 0 heterocycles. The first kappa shape index (κ1) is 14.4. The Labute approximate surface area is 108 Å². The Kier molecular flexibility index (Phi) is 5.82. The van der Waals surface area contributed by atoms with E-state index >= 15 is 0 Å². The predicted octanol–water partition coefficient (Wildman–Crippen LogP) is 3.12. The second-order valence-electron chi connectivity index (χ2n) is 4.47. The first-order chi connectivity index (χ1) is 8.10. The minimum absolute atomic E-state index is 0.0631. The van der Waals surface area contributed by atoms with Gasteiger partial charge in [-0.15, -0.1) is 0 Å². The standard InChI is InChI=1S/C13H21NO2S/c1-13(2,14-9-4-10-17-15)11-5-7-12(16-3)8-6-11/h5-8,14-15H,4,9-10H2,1-3H3. The summed E-state index contributed by atoms with van der Waals surface area (Å²) in [6, 6.07) is 8.10. The van der Waals surface area contributed by atoms with E-state index in [0.29, 0.717) is 0 Å². The molecule has 1 aromatic rings. The van der Waals surface area contributed by atoms with E-state index in [1.54, 1.807) is 7.11 Å². The van der Waals surface area contributed by atoms with Gasteiger partial charge in [-0.25, -0.2) is 0 Å². The molecule has 0 atom stereocenters. The maximum absolute atomic E-state index is 8.65. The second kappa shape index (κ2) is 6.89. The van der Waals surface area contributed by atoms with Gasteiger partial charge < -0.3 is 14.6 Å². The van der Waals surface area contributed by atoms with Crippen molar-refractivity contribution in [1.29, 1.82) is 0 Å². The topological polar surface area (TPSA) is 41.5 Å². The van der Waals surface area contributed by atoms with E-state index in [0.717, 1.165) is 36.5 Å². The summed E-state index contributed by atoms with van der Waals surface area (Å²) in [5.74, 6) is 1.65. The molecule has 0 radical (unpaired) electrons. The van der Waals surface area contributed by atoms with Crippen LogP contribution in [0.25, 0.3) is 0 Å². The zero-order valence-corrected chi connectivity index (χ0v) is 11.5. The summed E-state index contributed by atoms with van der Waals surface area (Å²) in [6.07, 6.45) is 0.959. The second-order valence-corrected chi connectivity index (χ2v) is 5.13. The van der Waals surface area contributed by atoms with Crippen LogP contribution in [-0.2, 0) is 5.54 Å². The minimum atomic E-state index is -0.0631. The molecule has 1 aromatic carbocycles. The molecule has 3 nitrogen and oxygen atoms in total. The zero-order chi connectivity index (χ0) is 12.7. The molecular formula is C13H21NO2S. The fraction of sp³-hybridized carbons (Fsp3) is 0.538. The van der Waals surface area contributed by atoms with Gasteiger partial charge in [-0.2, -0.15) is 0 Å². The molecule has 0 amide bonds. The van der Waals surface area contributed by atoms with Crippen LogP contribution >= 0.6 is 12.0 Å². The maximum Gasteiger partial charge on any atom is 0.118 e. The lowest BCUT2D eigenvalue weighted by Gasteiger charge is -2.27. The summed E-state index contributed by atoms with van der Waals surface area (Å²) in [5, 5.41) is 3.48. The lowest BCUT2D eigenvalue weighted by molar-refractivity contribution is 0.399. The predicted molar refractivity (Wildman–Crippen MR) is 73.7 cm³/mol. The van der Waals surface area contributed by atoms with Crippen LogP contribution in [-0.4, -0.2) is 24.0 Å². The van der Waals surface area contributed by atoms with Gasteiger partial charge in [0.1, 0.15) is 5.75 Å². The lowest BCUT2D eigenvalue weighted by atomic mass is 9.94. The number of benzene rings is 1. The van der Waals surface area contributed by atoms with Gasteiger partial charge in [0.05, 0.1) is 7.11 Å². The number of rotatable bonds is 7. The molecule has 0 saturated heterocycles. The number of methoxy groups -OCH3 is 1. The van der Waals surface area contributed by atoms with Crippen LogP contribution in [0.2, 0.25) is 0 Å². The lowest BCUT2D eigenvalue weighted by Crippen LogP contribution is -2.37. The average Bonchev–Trinajstić information content (AvgIpc) is 2.35. The van der Waals surface area contributed by atoms with Gasteiger partial charge >= 0.3 is 0 Å². The van der Waals surface area contributed by atoms with Crippen LogP contribution in [0, 0.1) is 0 Å². The normalized spacial score (nSPS) is 11.5. The van der Waals surface area contributed by atoms with E-state index < -0.39 is 0 Å². The average molecular weight is 255 g/mol. The quantitative estimate of drug-likeness (QED) is 0.580. The molecule has 0 saturated carbocycles. The Hall–Kier alpha value is -0.710. The summed E-state index contributed by atoms with van der Waals surface area (Å²) >= 11 is 0.896. The number of hydrogen-bond acceptors (Lipinski definition) is 4. The van der Waals surface area contributed by atoms with Crippen LogP contribution in [0.3, 0.4) is 0 Å². The Morgan fingerprint density at radius 2 is 1.94 bits per heavy atom. The monoisotopic (exact) mass is 255 g/mol. The van der Waals surface area contributed by atoms with Gasteiger partial charge in [-0.05, 0) is 56.6 Å². The van der Waals surface area contributed by atoms with Crippen LogP contribution in [0.5, 0.6) is 5.75 Å². The van der Waals surface area contributed by atoms with Crippen molar-refractivity contribution in [2.24, 2.45) is 0 Å². The van der Waals surface area contributed by atoms with Gasteiger partial charge in [0, 0.05) is 11.3 Å². The third-order valence-electron chi connectivity index (χ3n) is 2.79. The van der Waals surface area contributed by atoms with Crippen molar-refractivity contribution in [3.63, 3.8) is 0 Å². The Balaban J connectivity index is 2.55. The van der Waals surface area contributed by atoms with E-state index in [2.05, 4.69) is 31.3 Å². The molecule has 4 heteroatoms. The number of hydrogen-bond donors (Lipinski definition) is 2. The molecule has 17 heavy (non-hydrogen) atoms. The highest BCUT2D eigenvalue weighted by Gasteiger charge is 2.18. The van der Waals surface area contributed by atoms with Crippen LogP contribution < -0.4 is 10.1 Å². The highest BCUT2D eigenvalue weighted by atomic mass is 32.2. The molecule has 0 bridgehead atoms. The third kappa shape index (κ3) is 4.58. The van der Waals surface area contributed by atoms with Crippen LogP contribution in [0.1, 0.15) is 25.8 Å². The highest BCUT2D eigenvalue weighted by Crippen LogP contribution is 2.22. The Morgan fingerprint density at radius 1 is 1.29 bits per heavy atom. The fourth-order valence-electron chi connectivity index (χ4n) is 1.65. The molecule has 0 unspecified atom stereocenters. The first-order valence-corrected chi connectivity index (χ1v) is 6.70. The number of ether oxygens (including phenoxy) is 1. The molecule has 0 fully saturated rings. The molecule has 0 spiro atoms. The molecule has 2 N–H and O–H groups in total. The smallest absolute Gasteiger partial charge is 0.118 e. The van der Waals surface area contributed by atoms with Crippen molar-refractivity contribution in [2.45, 2.75) is 25.8 Å². The van der Waals surface area contributed by atoms with Gasteiger partial charge in [-0.1, -0.05) is 12.1 Å². The van der Waals surface area contributed by atoms with Crippen LogP contribution in [0.15, 0.2) is 24.3 Å². The van der Waals surface area contributed by atoms with E-state index in [9.17, 15) is 0 Å². The van der Waals surface area contributed by atoms with Crippen molar-refractivity contribution >= 4 is 12.0 Å². The van der Waals surface area contributed by atoms with Crippen molar-refractivity contribution in [3.8, 4) is 5.75 Å². The van der Waals surface area contributed by atoms with E-state index in [1.807, 2.05) is 12.1 Å². The van der Waals surface area contributed by atoms with Crippen LogP contribution in [0.4, 0.5) is 0 Å². The molecule has 0 aliphatic carbocycles. The Bertz CT molecular complexity index is 325. The molecule has 0 aromatic heterocycles. The zero-order valence-electron chi connectivity index (χ0n) is 10.7. The summed E-state index contributed by atoms with van der Waals surface area (Å²) in [7, 11) is 1.67. The molecule has 0 aliphatic heterocycles. The molecule has 1 rings (SSSR count). The van der Waals surface area contributed by atoms with E-state index in [4.69, 9.17) is 9.29 Å². The number of nitrogens with one attached hydrogen (secondary N) is 1. The molecule has 96 valence electrons. The third-order valence-corrected chi connectivity index (χ3v) is 3.26. The largest absolute Gasteiger partial charge is 0.497 e.